The van der Waals surface area contributed by atoms with Gasteiger partial charge in [0.1, 0.15) is 0 Å². The Balaban J connectivity index is 1.97. The van der Waals surface area contributed by atoms with Gasteiger partial charge in [0.05, 0.1) is 0 Å². The average molecular weight is 290 g/mol. The Hall–Kier alpha value is -2.08. The Morgan fingerprint density at radius 2 is 2.05 bits per heavy atom. The molecule has 2 rings (SSSR count). The van der Waals surface area contributed by atoms with Crippen LogP contribution in [0.4, 0.5) is 4.79 Å². The number of benzene rings is 1. The minimum atomic E-state index is -0.554. The molecule has 0 bridgehead atoms. The molecule has 1 aliphatic heterocycles. The molecule has 0 spiro atoms. The number of rotatable bonds is 4. The third-order valence-electron chi connectivity index (χ3n) is 3.78. The maximum Gasteiger partial charge on any atom is 0.312 e. The van der Waals surface area contributed by atoms with Crippen molar-refractivity contribution in [2.75, 3.05) is 20.1 Å². The van der Waals surface area contributed by atoms with Gasteiger partial charge < -0.3 is 21.3 Å². The molecule has 4 N–H and O–H groups in total. The van der Waals surface area contributed by atoms with Crippen molar-refractivity contribution in [3.63, 3.8) is 0 Å². The molecule has 1 heterocycles. The molecule has 1 aromatic rings. The summed E-state index contributed by atoms with van der Waals surface area (Å²) in [5, 5.41) is 5.75. The van der Waals surface area contributed by atoms with Gasteiger partial charge in [0.2, 0.25) is 0 Å². The van der Waals surface area contributed by atoms with Crippen molar-refractivity contribution in [1.82, 2.24) is 15.5 Å². The first-order valence-electron chi connectivity index (χ1n) is 7.19. The number of likely N-dealkylation sites (tertiary alicyclic amines) is 1. The van der Waals surface area contributed by atoms with E-state index in [1.54, 1.807) is 12.1 Å². The number of nitrogens with two attached hydrogens (primary N) is 1. The molecule has 1 saturated heterocycles. The van der Waals surface area contributed by atoms with Crippen molar-refractivity contribution in [2.45, 2.75) is 25.4 Å². The summed E-state index contributed by atoms with van der Waals surface area (Å²) in [6.45, 7) is 1.93. The number of likely N-dealkylation sites (N-methyl/N-ethyl adjacent to an activating group) is 1. The van der Waals surface area contributed by atoms with E-state index in [1.165, 1.54) is 0 Å². The van der Waals surface area contributed by atoms with Crippen molar-refractivity contribution in [2.24, 2.45) is 5.73 Å². The number of amides is 3. The second-order valence-corrected chi connectivity index (χ2v) is 5.29. The maximum absolute atomic E-state index is 12.4. The minimum Gasteiger partial charge on any atom is -0.352 e. The van der Waals surface area contributed by atoms with Crippen LogP contribution < -0.4 is 16.4 Å². The van der Waals surface area contributed by atoms with Gasteiger partial charge >= 0.3 is 6.03 Å². The molecule has 0 radical (unpaired) electrons. The van der Waals surface area contributed by atoms with E-state index in [1.807, 2.05) is 24.1 Å². The highest BCUT2D eigenvalue weighted by molar-refractivity contribution is 5.94. The van der Waals surface area contributed by atoms with Gasteiger partial charge in [-0.3, -0.25) is 4.79 Å². The van der Waals surface area contributed by atoms with Gasteiger partial charge in [-0.15, -0.1) is 0 Å². The molecule has 0 unspecified atom stereocenters. The third kappa shape index (κ3) is 4.19. The van der Waals surface area contributed by atoms with Crippen molar-refractivity contribution < 1.29 is 9.59 Å². The standard InChI is InChI=1S/C15H22N4O2/c1-17-13-3-2-8-19(10-13)14(20)12-6-4-11(5-7-12)9-18-15(16)21/h4-7,13,17H,2-3,8-10H2,1H3,(H3,16,18,21)/t13-/m0/s1. The fourth-order valence-electron chi connectivity index (χ4n) is 2.53. The van der Waals surface area contributed by atoms with Crippen LogP contribution in [0.1, 0.15) is 28.8 Å². The maximum atomic E-state index is 12.4. The molecule has 6 heteroatoms. The van der Waals surface area contributed by atoms with Crippen LogP contribution in [0, 0.1) is 0 Å². The van der Waals surface area contributed by atoms with E-state index in [2.05, 4.69) is 10.6 Å². The van der Waals surface area contributed by atoms with Crippen LogP contribution in [0.25, 0.3) is 0 Å². The summed E-state index contributed by atoms with van der Waals surface area (Å²) in [4.78, 5) is 25.0. The molecule has 3 amide bonds. The first-order chi connectivity index (χ1) is 10.1. The zero-order valence-corrected chi connectivity index (χ0v) is 12.3. The Bertz CT molecular complexity index is 501. The molecule has 114 valence electrons. The highest BCUT2D eigenvalue weighted by Gasteiger charge is 2.23. The summed E-state index contributed by atoms with van der Waals surface area (Å²) in [6, 6.07) is 7.08. The zero-order chi connectivity index (χ0) is 15.2. The smallest absolute Gasteiger partial charge is 0.312 e. The second-order valence-electron chi connectivity index (χ2n) is 5.29. The normalized spacial score (nSPS) is 18.3. The quantitative estimate of drug-likeness (QED) is 0.762. The largest absolute Gasteiger partial charge is 0.352 e. The van der Waals surface area contributed by atoms with E-state index < -0.39 is 6.03 Å². The Morgan fingerprint density at radius 1 is 1.33 bits per heavy atom. The number of urea groups is 1. The van der Waals surface area contributed by atoms with Crippen LogP contribution in [-0.2, 0) is 6.54 Å². The summed E-state index contributed by atoms with van der Waals surface area (Å²) >= 11 is 0. The number of hydrogen-bond donors (Lipinski definition) is 3. The molecular formula is C15H22N4O2. The van der Waals surface area contributed by atoms with Gasteiger partial charge in [0.15, 0.2) is 0 Å². The minimum absolute atomic E-state index is 0.0596. The number of nitrogens with zero attached hydrogens (tertiary/aromatic N) is 1. The molecular weight excluding hydrogens is 268 g/mol. The number of primary amides is 1. The number of piperidine rings is 1. The lowest BCUT2D eigenvalue weighted by Gasteiger charge is -2.32. The molecule has 1 atom stereocenters. The van der Waals surface area contributed by atoms with E-state index >= 15 is 0 Å². The molecule has 1 aliphatic rings. The number of nitrogens with one attached hydrogen (secondary N) is 2. The predicted molar refractivity (Wildman–Crippen MR) is 80.9 cm³/mol. The van der Waals surface area contributed by atoms with Crippen LogP contribution in [0.5, 0.6) is 0 Å². The number of carbonyl (C=O) groups excluding carboxylic acids is 2. The molecule has 1 fully saturated rings. The van der Waals surface area contributed by atoms with Gasteiger partial charge in [0.25, 0.3) is 5.91 Å². The summed E-state index contributed by atoms with van der Waals surface area (Å²) in [7, 11) is 1.93. The van der Waals surface area contributed by atoms with E-state index in [9.17, 15) is 9.59 Å². The summed E-state index contributed by atoms with van der Waals surface area (Å²) < 4.78 is 0. The van der Waals surface area contributed by atoms with Gasteiger partial charge in [0, 0.05) is 31.2 Å². The fourth-order valence-corrected chi connectivity index (χ4v) is 2.53. The Morgan fingerprint density at radius 3 is 2.67 bits per heavy atom. The molecule has 0 saturated carbocycles. The molecule has 0 aliphatic carbocycles. The molecule has 21 heavy (non-hydrogen) atoms. The van der Waals surface area contributed by atoms with Crippen LogP contribution in [0.15, 0.2) is 24.3 Å². The van der Waals surface area contributed by atoms with Gasteiger partial charge in [-0.05, 0) is 37.6 Å². The van der Waals surface area contributed by atoms with E-state index in [4.69, 9.17) is 5.73 Å². The number of carbonyl (C=O) groups is 2. The third-order valence-corrected chi connectivity index (χ3v) is 3.78. The van der Waals surface area contributed by atoms with Crippen LogP contribution in [0.3, 0.4) is 0 Å². The van der Waals surface area contributed by atoms with Crippen LogP contribution in [-0.4, -0.2) is 43.0 Å². The van der Waals surface area contributed by atoms with Gasteiger partial charge in [-0.1, -0.05) is 12.1 Å². The Labute approximate surface area is 124 Å². The zero-order valence-electron chi connectivity index (χ0n) is 12.3. The lowest BCUT2D eigenvalue weighted by atomic mass is 10.0. The summed E-state index contributed by atoms with van der Waals surface area (Å²) in [6.07, 6.45) is 2.13. The van der Waals surface area contributed by atoms with Crippen molar-refractivity contribution in [3.8, 4) is 0 Å². The van der Waals surface area contributed by atoms with Crippen LogP contribution in [0.2, 0.25) is 0 Å². The first kappa shape index (κ1) is 15.3. The van der Waals surface area contributed by atoms with Crippen molar-refractivity contribution in [1.29, 1.82) is 0 Å². The summed E-state index contributed by atoms with van der Waals surface area (Å²) in [5.74, 6) is 0.0596. The Kier molecular flexibility index (Phi) is 5.16. The topological polar surface area (TPSA) is 87.5 Å². The SMILES string of the molecule is CN[C@H]1CCCN(C(=O)c2ccc(CNC(N)=O)cc2)C1. The molecule has 6 nitrogen and oxygen atoms in total. The second kappa shape index (κ2) is 7.08. The first-order valence-corrected chi connectivity index (χ1v) is 7.19. The van der Waals surface area contributed by atoms with Gasteiger partial charge in [-0.2, -0.15) is 0 Å². The highest BCUT2D eigenvalue weighted by Crippen LogP contribution is 2.14. The van der Waals surface area contributed by atoms with Crippen molar-refractivity contribution in [3.05, 3.63) is 35.4 Å². The van der Waals surface area contributed by atoms with E-state index in [-0.39, 0.29) is 5.91 Å². The van der Waals surface area contributed by atoms with E-state index in [0.29, 0.717) is 18.2 Å². The highest BCUT2D eigenvalue weighted by atomic mass is 16.2. The van der Waals surface area contributed by atoms with E-state index in [0.717, 1.165) is 31.5 Å². The van der Waals surface area contributed by atoms with Gasteiger partial charge in [-0.25, -0.2) is 4.79 Å². The predicted octanol–water partition coefficient (Wildman–Crippen LogP) is 0.679. The average Bonchev–Trinajstić information content (AvgIpc) is 2.52. The molecule has 1 aromatic carbocycles. The fraction of sp³-hybridized carbons (Fsp3) is 0.467. The molecule has 0 aromatic heterocycles. The van der Waals surface area contributed by atoms with Crippen molar-refractivity contribution >= 4 is 11.9 Å². The lowest BCUT2D eigenvalue weighted by molar-refractivity contribution is 0.0698. The monoisotopic (exact) mass is 290 g/mol. The lowest BCUT2D eigenvalue weighted by Crippen LogP contribution is -2.46. The summed E-state index contributed by atoms with van der Waals surface area (Å²) in [5.41, 5.74) is 6.61. The number of hydrogen-bond acceptors (Lipinski definition) is 3. The van der Waals surface area contributed by atoms with Crippen LogP contribution >= 0.6 is 0 Å².